The van der Waals surface area contributed by atoms with Crippen molar-refractivity contribution in [3.8, 4) is 0 Å². The smallest absolute Gasteiger partial charge is 0.255 e. The number of amides is 1. The Bertz CT molecular complexity index is 245. The zero-order chi connectivity index (χ0) is 13.4. The van der Waals surface area contributed by atoms with Crippen LogP contribution in [0.4, 0.5) is 8.78 Å². The Morgan fingerprint density at radius 2 is 1.94 bits per heavy atom. The molecular formula is C13H22BrF2NO. The van der Waals surface area contributed by atoms with Gasteiger partial charge in [0.05, 0.1) is 6.54 Å². The highest BCUT2D eigenvalue weighted by Gasteiger charge is 2.20. The van der Waals surface area contributed by atoms with Crippen molar-refractivity contribution < 1.29 is 13.6 Å². The number of nitrogens with zero attached hydrogens (tertiary/aromatic N) is 1. The third kappa shape index (κ3) is 6.12. The summed E-state index contributed by atoms with van der Waals surface area (Å²) < 4.78 is 24.7. The van der Waals surface area contributed by atoms with Gasteiger partial charge in [0, 0.05) is 18.3 Å². The van der Waals surface area contributed by atoms with Gasteiger partial charge in [0.25, 0.3) is 6.43 Å². The van der Waals surface area contributed by atoms with Gasteiger partial charge in [-0.3, -0.25) is 4.79 Å². The Balaban J connectivity index is 2.30. The standard InChI is InChI=1S/C13H22BrF2NO/c14-8-9-17(10-12(15)16)13(18)7-6-11-4-2-1-3-5-11/h11-12H,1-10H2. The van der Waals surface area contributed by atoms with Gasteiger partial charge in [-0.1, -0.05) is 48.0 Å². The van der Waals surface area contributed by atoms with Crippen LogP contribution in [0.1, 0.15) is 44.9 Å². The number of hydrogen-bond acceptors (Lipinski definition) is 1. The summed E-state index contributed by atoms with van der Waals surface area (Å²) in [4.78, 5) is 13.2. The first-order valence-electron chi connectivity index (χ1n) is 6.75. The summed E-state index contributed by atoms with van der Waals surface area (Å²) in [7, 11) is 0. The lowest BCUT2D eigenvalue weighted by molar-refractivity contribution is -0.133. The van der Waals surface area contributed by atoms with Gasteiger partial charge in [-0.25, -0.2) is 8.78 Å². The lowest BCUT2D eigenvalue weighted by Gasteiger charge is -2.24. The van der Waals surface area contributed by atoms with Gasteiger partial charge in [-0.05, 0) is 12.3 Å². The molecule has 0 N–H and O–H groups in total. The van der Waals surface area contributed by atoms with Crippen molar-refractivity contribution in [3.63, 3.8) is 0 Å². The molecule has 0 atom stereocenters. The number of alkyl halides is 3. The summed E-state index contributed by atoms with van der Waals surface area (Å²) in [5.41, 5.74) is 0. The zero-order valence-corrected chi connectivity index (χ0v) is 12.3. The number of carbonyl (C=O) groups excluding carboxylic acids is 1. The van der Waals surface area contributed by atoms with E-state index in [1.54, 1.807) is 0 Å². The molecule has 1 rings (SSSR count). The molecule has 0 bridgehead atoms. The van der Waals surface area contributed by atoms with Gasteiger partial charge >= 0.3 is 0 Å². The molecule has 0 unspecified atom stereocenters. The first-order chi connectivity index (χ1) is 8.63. The molecule has 5 heteroatoms. The zero-order valence-electron chi connectivity index (χ0n) is 10.7. The maximum absolute atomic E-state index is 12.4. The molecule has 1 amide bonds. The third-order valence-electron chi connectivity index (χ3n) is 3.56. The van der Waals surface area contributed by atoms with E-state index in [1.807, 2.05) is 0 Å². The fourth-order valence-corrected chi connectivity index (χ4v) is 2.98. The van der Waals surface area contributed by atoms with Crippen LogP contribution in [0, 0.1) is 5.92 Å². The lowest BCUT2D eigenvalue weighted by atomic mass is 9.86. The maximum Gasteiger partial charge on any atom is 0.255 e. The number of halogens is 3. The molecule has 1 aliphatic carbocycles. The fraction of sp³-hybridized carbons (Fsp3) is 0.923. The molecule has 0 aromatic rings. The monoisotopic (exact) mass is 325 g/mol. The van der Waals surface area contributed by atoms with Crippen LogP contribution in [0.25, 0.3) is 0 Å². The molecule has 0 spiro atoms. The van der Waals surface area contributed by atoms with E-state index >= 15 is 0 Å². The minimum absolute atomic E-state index is 0.125. The summed E-state index contributed by atoms with van der Waals surface area (Å²) >= 11 is 3.20. The van der Waals surface area contributed by atoms with Crippen molar-refractivity contribution in [3.05, 3.63) is 0 Å². The largest absolute Gasteiger partial charge is 0.336 e. The van der Waals surface area contributed by atoms with Crippen molar-refractivity contribution in [2.45, 2.75) is 51.4 Å². The summed E-state index contributed by atoms with van der Waals surface area (Å²) in [6.45, 7) is -0.0665. The quantitative estimate of drug-likeness (QED) is 0.651. The Labute approximate surface area is 116 Å². The van der Waals surface area contributed by atoms with E-state index in [4.69, 9.17) is 0 Å². The molecule has 18 heavy (non-hydrogen) atoms. The van der Waals surface area contributed by atoms with Crippen LogP contribution < -0.4 is 0 Å². The van der Waals surface area contributed by atoms with E-state index in [-0.39, 0.29) is 5.91 Å². The molecule has 2 nitrogen and oxygen atoms in total. The molecule has 0 aromatic heterocycles. The summed E-state index contributed by atoms with van der Waals surface area (Å²) in [5, 5.41) is 0.550. The molecule has 0 heterocycles. The molecule has 0 radical (unpaired) electrons. The van der Waals surface area contributed by atoms with Gasteiger partial charge < -0.3 is 4.90 Å². The molecule has 1 fully saturated rings. The SMILES string of the molecule is O=C(CCC1CCCCC1)N(CCBr)CC(F)F. The molecular weight excluding hydrogens is 304 g/mol. The second-order valence-electron chi connectivity index (χ2n) is 4.96. The highest BCUT2D eigenvalue weighted by Crippen LogP contribution is 2.27. The third-order valence-corrected chi connectivity index (χ3v) is 3.91. The van der Waals surface area contributed by atoms with Gasteiger partial charge in [-0.15, -0.1) is 0 Å². The summed E-state index contributed by atoms with van der Waals surface area (Å²) in [6.07, 6.45) is 5.03. The van der Waals surface area contributed by atoms with Gasteiger partial charge in [0.15, 0.2) is 0 Å². The van der Waals surface area contributed by atoms with Gasteiger partial charge in [-0.2, -0.15) is 0 Å². The normalized spacial score (nSPS) is 17.1. The van der Waals surface area contributed by atoms with Crippen LogP contribution in [0.15, 0.2) is 0 Å². The summed E-state index contributed by atoms with van der Waals surface area (Å²) in [6, 6.07) is 0. The van der Waals surface area contributed by atoms with Crippen LogP contribution in [0.5, 0.6) is 0 Å². The molecule has 1 aliphatic rings. The minimum atomic E-state index is -2.44. The number of hydrogen-bond donors (Lipinski definition) is 0. The fourth-order valence-electron chi connectivity index (χ4n) is 2.55. The highest BCUT2D eigenvalue weighted by atomic mass is 79.9. The predicted molar refractivity (Wildman–Crippen MR) is 72.2 cm³/mol. The van der Waals surface area contributed by atoms with Crippen molar-refractivity contribution in [1.29, 1.82) is 0 Å². The van der Waals surface area contributed by atoms with Crippen LogP contribution in [-0.4, -0.2) is 35.7 Å². The Morgan fingerprint density at radius 3 is 2.50 bits per heavy atom. The predicted octanol–water partition coefficient (Wildman–Crippen LogP) is 3.84. The van der Waals surface area contributed by atoms with Crippen LogP contribution >= 0.6 is 15.9 Å². The van der Waals surface area contributed by atoms with Crippen molar-refractivity contribution in [1.82, 2.24) is 4.90 Å². The van der Waals surface area contributed by atoms with Crippen molar-refractivity contribution in [2.75, 3.05) is 18.4 Å². The summed E-state index contributed by atoms with van der Waals surface area (Å²) in [5.74, 6) is 0.500. The van der Waals surface area contributed by atoms with E-state index in [1.165, 1.54) is 37.0 Å². The van der Waals surface area contributed by atoms with Crippen LogP contribution in [0.3, 0.4) is 0 Å². The highest BCUT2D eigenvalue weighted by molar-refractivity contribution is 9.09. The molecule has 106 valence electrons. The molecule has 1 saturated carbocycles. The van der Waals surface area contributed by atoms with E-state index in [2.05, 4.69) is 15.9 Å². The lowest BCUT2D eigenvalue weighted by Crippen LogP contribution is -2.36. The van der Waals surface area contributed by atoms with Crippen LogP contribution in [0.2, 0.25) is 0 Å². The van der Waals surface area contributed by atoms with Gasteiger partial charge in [0.1, 0.15) is 0 Å². The Morgan fingerprint density at radius 1 is 1.28 bits per heavy atom. The molecule has 0 saturated heterocycles. The minimum Gasteiger partial charge on any atom is -0.336 e. The first-order valence-corrected chi connectivity index (χ1v) is 7.87. The van der Waals surface area contributed by atoms with Gasteiger partial charge in [0.2, 0.25) is 5.91 Å². The van der Waals surface area contributed by atoms with Crippen molar-refractivity contribution >= 4 is 21.8 Å². The molecule has 0 aromatic carbocycles. The Kier molecular flexibility index (Phi) is 7.79. The van der Waals surface area contributed by atoms with E-state index in [0.29, 0.717) is 24.2 Å². The second-order valence-corrected chi connectivity index (χ2v) is 5.76. The van der Waals surface area contributed by atoms with E-state index < -0.39 is 13.0 Å². The van der Waals surface area contributed by atoms with E-state index in [0.717, 1.165) is 6.42 Å². The Hall–Kier alpha value is -0.190. The average molecular weight is 326 g/mol. The number of rotatable bonds is 7. The molecule has 0 aliphatic heterocycles. The van der Waals surface area contributed by atoms with Crippen molar-refractivity contribution in [2.24, 2.45) is 5.92 Å². The van der Waals surface area contributed by atoms with Crippen LogP contribution in [-0.2, 0) is 4.79 Å². The topological polar surface area (TPSA) is 20.3 Å². The maximum atomic E-state index is 12.4. The van der Waals surface area contributed by atoms with E-state index in [9.17, 15) is 13.6 Å². The second kappa shape index (κ2) is 8.83. The first kappa shape index (κ1) is 15.9. The average Bonchev–Trinajstić information content (AvgIpc) is 2.36. The number of carbonyl (C=O) groups is 1.